The smallest absolute Gasteiger partial charge is 0.342 e. The molecule has 6 heteroatoms. The minimum absolute atomic E-state index is 0.0569. The maximum absolute atomic E-state index is 13.0. The first kappa shape index (κ1) is 21.1. The number of carbonyl (C=O) groups excluding carboxylic acids is 2. The lowest BCUT2D eigenvalue weighted by Crippen LogP contribution is -2.38. The van der Waals surface area contributed by atoms with Crippen molar-refractivity contribution in [1.82, 2.24) is 10.4 Å². The molecule has 6 nitrogen and oxygen atoms in total. The first-order valence-electron chi connectivity index (χ1n) is 10.9. The third-order valence-corrected chi connectivity index (χ3v) is 5.92. The predicted octanol–water partition coefficient (Wildman–Crippen LogP) is 3.59. The van der Waals surface area contributed by atoms with Gasteiger partial charge in [0, 0.05) is 30.4 Å². The molecule has 4 rings (SSSR count). The molecule has 2 aliphatic rings. The molecule has 2 aromatic rings. The Hall–Kier alpha value is -3.12. The van der Waals surface area contributed by atoms with E-state index in [0.717, 1.165) is 37.9 Å². The van der Waals surface area contributed by atoms with Crippen LogP contribution in [0.5, 0.6) is 0 Å². The van der Waals surface area contributed by atoms with Crippen LogP contribution in [0.1, 0.15) is 41.3 Å². The van der Waals surface area contributed by atoms with Crippen LogP contribution in [0.2, 0.25) is 0 Å². The lowest BCUT2D eigenvalue weighted by molar-refractivity contribution is -0.154. The van der Waals surface area contributed by atoms with Crippen LogP contribution in [-0.2, 0) is 20.8 Å². The zero-order valence-electron chi connectivity index (χ0n) is 17.8. The van der Waals surface area contributed by atoms with Crippen LogP contribution in [0.15, 0.2) is 60.8 Å². The number of carbonyl (C=O) groups is 2. The summed E-state index contributed by atoms with van der Waals surface area (Å²) in [5.41, 5.74) is 6.17. The standard InChI is InChI=1S/C25H28N2O4/c1-2-30-25(29)23-22(17-26-31-23)20-8-10-21(11-9-20)24(28)27-14-12-19(13-15-27)16-18-6-4-3-5-7-18/h3-11,17,19,23,26H,2,12-16H2,1H3. The average Bonchev–Trinajstić information content (AvgIpc) is 3.30. The maximum atomic E-state index is 13.0. The fourth-order valence-electron chi connectivity index (χ4n) is 4.21. The molecule has 1 atom stereocenters. The Labute approximate surface area is 182 Å². The van der Waals surface area contributed by atoms with Crippen molar-refractivity contribution in [3.63, 3.8) is 0 Å². The van der Waals surface area contributed by atoms with E-state index in [-0.39, 0.29) is 5.91 Å². The van der Waals surface area contributed by atoms with Crippen molar-refractivity contribution < 1.29 is 19.2 Å². The number of hydrogen-bond donors (Lipinski definition) is 1. The van der Waals surface area contributed by atoms with Gasteiger partial charge < -0.3 is 9.64 Å². The molecule has 1 amide bonds. The fourth-order valence-corrected chi connectivity index (χ4v) is 4.21. The quantitative estimate of drug-likeness (QED) is 0.724. The van der Waals surface area contributed by atoms with Gasteiger partial charge in [0.1, 0.15) is 0 Å². The number of amides is 1. The monoisotopic (exact) mass is 420 g/mol. The molecule has 0 aliphatic carbocycles. The number of piperidine rings is 1. The van der Waals surface area contributed by atoms with Crippen molar-refractivity contribution in [2.24, 2.45) is 5.92 Å². The van der Waals surface area contributed by atoms with Crippen molar-refractivity contribution in [1.29, 1.82) is 0 Å². The van der Waals surface area contributed by atoms with Crippen molar-refractivity contribution in [2.75, 3.05) is 19.7 Å². The minimum Gasteiger partial charge on any atom is -0.464 e. The Morgan fingerprint density at radius 2 is 1.77 bits per heavy atom. The van der Waals surface area contributed by atoms with Crippen molar-refractivity contribution in [3.8, 4) is 0 Å². The topological polar surface area (TPSA) is 67.9 Å². The van der Waals surface area contributed by atoms with Gasteiger partial charge in [-0.15, -0.1) is 0 Å². The number of hydroxylamine groups is 1. The summed E-state index contributed by atoms with van der Waals surface area (Å²) in [4.78, 5) is 32.2. The van der Waals surface area contributed by atoms with E-state index < -0.39 is 12.1 Å². The van der Waals surface area contributed by atoms with Gasteiger partial charge in [-0.1, -0.05) is 42.5 Å². The van der Waals surface area contributed by atoms with E-state index in [4.69, 9.17) is 9.57 Å². The molecule has 1 unspecified atom stereocenters. The summed E-state index contributed by atoms with van der Waals surface area (Å²) in [6.45, 7) is 3.62. The van der Waals surface area contributed by atoms with E-state index >= 15 is 0 Å². The summed E-state index contributed by atoms with van der Waals surface area (Å²) in [7, 11) is 0. The molecule has 2 aromatic carbocycles. The van der Waals surface area contributed by atoms with Crippen LogP contribution in [0.25, 0.3) is 5.57 Å². The van der Waals surface area contributed by atoms with Gasteiger partial charge in [-0.25, -0.2) is 4.79 Å². The summed E-state index contributed by atoms with van der Waals surface area (Å²) in [6.07, 6.45) is 3.97. The van der Waals surface area contributed by atoms with E-state index in [0.29, 0.717) is 23.7 Å². The molecule has 31 heavy (non-hydrogen) atoms. The molecule has 1 fully saturated rings. The van der Waals surface area contributed by atoms with E-state index in [1.165, 1.54) is 5.56 Å². The highest BCUT2D eigenvalue weighted by Crippen LogP contribution is 2.26. The number of rotatable bonds is 6. The molecule has 0 radical (unpaired) electrons. The highest BCUT2D eigenvalue weighted by Gasteiger charge is 2.31. The van der Waals surface area contributed by atoms with Gasteiger partial charge in [0.05, 0.1) is 6.61 Å². The maximum Gasteiger partial charge on any atom is 0.342 e. The number of nitrogens with one attached hydrogen (secondary N) is 1. The van der Waals surface area contributed by atoms with Gasteiger partial charge in [0.15, 0.2) is 0 Å². The van der Waals surface area contributed by atoms with Crippen molar-refractivity contribution >= 4 is 17.4 Å². The van der Waals surface area contributed by atoms with E-state index in [1.54, 1.807) is 13.1 Å². The number of esters is 1. The highest BCUT2D eigenvalue weighted by molar-refractivity contribution is 5.96. The van der Waals surface area contributed by atoms with Gasteiger partial charge in [-0.05, 0) is 55.4 Å². The molecule has 0 bridgehead atoms. The molecular weight excluding hydrogens is 392 g/mol. The second-order valence-corrected chi connectivity index (χ2v) is 7.97. The molecule has 1 N–H and O–H groups in total. The summed E-state index contributed by atoms with van der Waals surface area (Å²) in [5, 5.41) is 0. The number of nitrogens with zero attached hydrogens (tertiary/aromatic N) is 1. The minimum atomic E-state index is -0.801. The van der Waals surface area contributed by atoms with Gasteiger partial charge >= 0.3 is 5.97 Å². The number of ether oxygens (including phenoxy) is 1. The second-order valence-electron chi connectivity index (χ2n) is 7.97. The van der Waals surface area contributed by atoms with Crippen LogP contribution >= 0.6 is 0 Å². The van der Waals surface area contributed by atoms with E-state index in [1.807, 2.05) is 35.2 Å². The van der Waals surface area contributed by atoms with Crippen LogP contribution in [0.3, 0.4) is 0 Å². The number of hydrogen-bond acceptors (Lipinski definition) is 5. The lowest BCUT2D eigenvalue weighted by Gasteiger charge is -2.32. The van der Waals surface area contributed by atoms with E-state index in [9.17, 15) is 9.59 Å². The third-order valence-electron chi connectivity index (χ3n) is 5.92. The highest BCUT2D eigenvalue weighted by atomic mass is 16.7. The van der Waals surface area contributed by atoms with Crippen molar-refractivity contribution in [3.05, 3.63) is 77.5 Å². The van der Waals surface area contributed by atoms with Gasteiger partial charge in [-0.3, -0.25) is 15.1 Å². The van der Waals surface area contributed by atoms with Crippen LogP contribution in [0.4, 0.5) is 0 Å². The second kappa shape index (κ2) is 9.79. The van der Waals surface area contributed by atoms with Gasteiger partial charge in [-0.2, -0.15) is 0 Å². The van der Waals surface area contributed by atoms with Gasteiger partial charge in [0.25, 0.3) is 5.91 Å². The zero-order chi connectivity index (χ0) is 21.6. The molecule has 1 saturated heterocycles. The summed E-state index contributed by atoms with van der Waals surface area (Å²) >= 11 is 0. The average molecular weight is 421 g/mol. The van der Waals surface area contributed by atoms with E-state index in [2.05, 4.69) is 29.7 Å². The lowest BCUT2D eigenvalue weighted by atomic mass is 9.90. The van der Waals surface area contributed by atoms with Crippen molar-refractivity contribution in [2.45, 2.75) is 32.3 Å². The zero-order valence-corrected chi connectivity index (χ0v) is 17.8. The fraction of sp³-hybridized carbons (Fsp3) is 0.360. The first-order valence-corrected chi connectivity index (χ1v) is 10.9. The molecule has 162 valence electrons. The van der Waals surface area contributed by atoms with Crippen LogP contribution in [-0.4, -0.2) is 42.6 Å². The summed E-state index contributed by atoms with van der Waals surface area (Å²) in [6, 6.07) is 17.9. The largest absolute Gasteiger partial charge is 0.464 e. The molecule has 0 spiro atoms. The summed E-state index contributed by atoms with van der Waals surface area (Å²) in [5.74, 6) is 0.245. The first-order chi connectivity index (χ1) is 15.2. The normalized spacial score (nSPS) is 18.9. The van der Waals surface area contributed by atoms with Crippen LogP contribution < -0.4 is 5.48 Å². The Morgan fingerprint density at radius 1 is 1.06 bits per heavy atom. The third kappa shape index (κ3) is 4.97. The molecular formula is C25H28N2O4. The molecule has 0 saturated carbocycles. The Kier molecular flexibility index (Phi) is 6.67. The Balaban J connectivity index is 1.34. The molecule has 2 heterocycles. The number of likely N-dealkylation sites (tertiary alicyclic amines) is 1. The Bertz CT molecular complexity index is 932. The van der Waals surface area contributed by atoms with Crippen LogP contribution in [0, 0.1) is 5.92 Å². The Morgan fingerprint density at radius 3 is 2.45 bits per heavy atom. The van der Waals surface area contributed by atoms with Gasteiger partial charge in [0.2, 0.25) is 6.10 Å². The SMILES string of the molecule is CCOC(=O)C1ONC=C1c1ccc(C(=O)N2CCC(Cc3ccccc3)CC2)cc1. The molecule has 2 aliphatic heterocycles. The molecule has 0 aromatic heterocycles. The summed E-state index contributed by atoms with van der Waals surface area (Å²) < 4.78 is 5.06. The predicted molar refractivity (Wildman–Crippen MR) is 118 cm³/mol. The number of benzene rings is 2.